The average molecular weight is 552 g/mol. The zero-order valence-corrected chi connectivity index (χ0v) is 26.2. The van der Waals surface area contributed by atoms with Crippen molar-refractivity contribution in [3.05, 3.63) is 24.3 Å². The van der Waals surface area contributed by atoms with E-state index in [1.54, 1.807) is 6.92 Å². The molecule has 1 aliphatic heterocycles. The van der Waals surface area contributed by atoms with Gasteiger partial charge in [0.15, 0.2) is 0 Å². The summed E-state index contributed by atoms with van der Waals surface area (Å²) in [5, 5.41) is 4.23. The SMILES string of the molecule is CC(=O)OC1CCC2(C)C(C1)CC1(Nc3ccccc3S1)C1C2CCC2(C)C(C(C)CCCC(C)C)CCC12. The minimum atomic E-state index is -0.110. The zero-order valence-electron chi connectivity index (χ0n) is 25.4. The lowest BCUT2D eigenvalue weighted by molar-refractivity contribution is -0.163. The molecule has 10 atom stereocenters. The van der Waals surface area contributed by atoms with E-state index < -0.39 is 0 Å². The molecule has 0 bridgehead atoms. The third-order valence-electron chi connectivity index (χ3n) is 12.7. The number of anilines is 1. The molecule has 0 amide bonds. The summed E-state index contributed by atoms with van der Waals surface area (Å²) in [6, 6.07) is 9.05. The molecule has 0 aromatic heterocycles. The van der Waals surface area contributed by atoms with Crippen molar-refractivity contribution in [2.75, 3.05) is 5.32 Å². The maximum atomic E-state index is 11.9. The summed E-state index contributed by atoms with van der Waals surface area (Å²) in [6.45, 7) is 14.3. The normalized spacial score (nSPS) is 43.3. The van der Waals surface area contributed by atoms with Crippen LogP contribution in [0.4, 0.5) is 5.69 Å². The molecular weight excluding hydrogens is 498 g/mol. The third-order valence-corrected chi connectivity index (χ3v) is 14.2. The van der Waals surface area contributed by atoms with Crippen LogP contribution in [0.1, 0.15) is 112 Å². The molecule has 216 valence electrons. The van der Waals surface area contributed by atoms with E-state index in [1.807, 2.05) is 0 Å². The van der Waals surface area contributed by atoms with Gasteiger partial charge in [-0.05, 0) is 116 Å². The van der Waals surface area contributed by atoms with Gasteiger partial charge in [0.25, 0.3) is 0 Å². The molecule has 1 heterocycles. The number of hydrogen-bond acceptors (Lipinski definition) is 4. The molecule has 4 heteroatoms. The van der Waals surface area contributed by atoms with Gasteiger partial charge >= 0.3 is 5.97 Å². The molecule has 1 aromatic rings. The van der Waals surface area contributed by atoms with Crippen LogP contribution >= 0.6 is 11.8 Å². The maximum absolute atomic E-state index is 11.9. The van der Waals surface area contributed by atoms with Gasteiger partial charge in [0.2, 0.25) is 0 Å². The molecule has 0 saturated heterocycles. The summed E-state index contributed by atoms with van der Waals surface area (Å²) in [5.41, 5.74) is 2.16. The topological polar surface area (TPSA) is 38.3 Å². The highest BCUT2D eigenvalue weighted by molar-refractivity contribution is 8.01. The first-order chi connectivity index (χ1) is 18.6. The van der Waals surface area contributed by atoms with E-state index >= 15 is 0 Å². The number of fused-ring (bicyclic) bond motifs is 7. The van der Waals surface area contributed by atoms with Gasteiger partial charge in [-0.3, -0.25) is 4.79 Å². The number of ether oxygens (including phenoxy) is 1. The fourth-order valence-electron chi connectivity index (χ4n) is 10.9. The molecule has 0 radical (unpaired) electrons. The van der Waals surface area contributed by atoms with Crippen molar-refractivity contribution in [2.45, 2.75) is 128 Å². The first kappa shape index (κ1) is 28.0. The molecule has 5 aliphatic rings. The summed E-state index contributed by atoms with van der Waals surface area (Å²) >= 11 is 2.17. The van der Waals surface area contributed by atoms with Crippen LogP contribution in [0.25, 0.3) is 0 Å². The summed E-state index contributed by atoms with van der Waals surface area (Å²) in [4.78, 5) is 13.4. The lowest BCUT2D eigenvalue weighted by Crippen LogP contribution is -2.64. The van der Waals surface area contributed by atoms with Gasteiger partial charge in [-0.25, -0.2) is 0 Å². The fraction of sp³-hybridized carbons (Fsp3) is 0.800. The first-order valence-electron chi connectivity index (χ1n) is 16.3. The van der Waals surface area contributed by atoms with E-state index in [2.05, 4.69) is 76.0 Å². The van der Waals surface area contributed by atoms with Crippen molar-refractivity contribution in [1.29, 1.82) is 0 Å². The van der Waals surface area contributed by atoms with Crippen molar-refractivity contribution in [1.82, 2.24) is 0 Å². The van der Waals surface area contributed by atoms with Crippen LogP contribution in [0, 0.1) is 52.3 Å². The number of carbonyl (C=O) groups is 1. The molecule has 6 rings (SSSR count). The molecular formula is C35H53NO2S. The van der Waals surface area contributed by atoms with Crippen LogP contribution in [0.15, 0.2) is 29.2 Å². The summed E-state index contributed by atoms with van der Waals surface area (Å²) in [7, 11) is 0. The minimum absolute atomic E-state index is 0.0682. The Morgan fingerprint density at radius 1 is 1.03 bits per heavy atom. The van der Waals surface area contributed by atoms with E-state index in [0.717, 1.165) is 42.4 Å². The molecule has 3 nitrogen and oxygen atoms in total. The zero-order chi connectivity index (χ0) is 27.6. The van der Waals surface area contributed by atoms with Crippen LogP contribution in [0.5, 0.6) is 0 Å². The summed E-state index contributed by atoms with van der Waals surface area (Å²) in [6.07, 6.45) is 14.4. The Kier molecular flexibility index (Phi) is 7.38. The largest absolute Gasteiger partial charge is 0.463 e. The predicted molar refractivity (Wildman–Crippen MR) is 163 cm³/mol. The molecule has 4 aliphatic carbocycles. The van der Waals surface area contributed by atoms with Crippen LogP contribution in [-0.2, 0) is 9.53 Å². The highest BCUT2D eigenvalue weighted by atomic mass is 32.2. The van der Waals surface area contributed by atoms with E-state index in [1.165, 1.54) is 68.4 Å². The second-order valence-corrected chi connectivity index (χ2v) is 16.7. The molecule has 1 spiro atoms. The van der Waals surface area contributed by atoms with Crippen molar-refractivity contribution in [2.24, 2.45) is 52.3 Å². The smallest absolute Gasteiger partial charge is 0.302 e. The van der Waals surface area contributed by atoms with E-state index in [9.17, 15) is 4.79 Å². The Hall–Kier alpha value is -1.16. The number of nitrogens with one attached hydrogen (secondary N) is 1. The second kappa shape index (κ2) is 10.3. The maximum Gasteiger partial charge on any atom is 0.302 e. The van der Waals surface area contributed by atoms with Gasteiger partial charge in [-0.2, -0.15) is 0 Å². The summed E-state index contributed by atoms with van der Waals surface area (Å²) < 4.78 is 5.84. The summed E-state index contributed by atoms with van der Waals surface area (Å²) in [5.74, 6) is 5.25. The number of benzene rings is 1. The minimum Gasteiger partial charge on any atom is -0.463 e. The first-order valence-corrected chi connectivity index (χ1v) is 17.1. The number of esters is 1. The molecule has 1 aromatic carbocycles. The van der Waals surface area contributed by atoms with Crippen LogP contribution in [-0.4, -0.2) is 16.9 Å². The van der Waals surface area contributed by atoms with Crippen molar-refractivity contribution in [3.63, 3.8) is 0 Å². The van der Waals surface area contributed by atoms with Gasteiger partial charge in [0.05, 0.1) is 4.87 Å². The third kappa shape index (κ3) is 4.67. The number of para-hydroxylation sites is 1. The Morgan fingerprint density at radius 3 is 2.51 bits per heavy atom. The van der Waals surface area contributed by atoms with Crippen LogP contribution in [0.2, 0.25) is 0 Å². The van der Waals surface area contributed by atoms with Gasteiger partial charge in [0, 0.05) is 17.5 Å². The van der Waals surface area contributed by atoms with Crippen molar-refractivity contribution in [3.8, 4) is 0 Å². The molecule has 4 fully saturated rings. The Bertz CT molecular complexity index is 1050. The fourth-order valence-corrected chi connectivity index (χ4v) is 12.6. The Morgan fingerprint density at radius 2 is 1.77 bits per heavy atom. The van der Waals surface area contributed by atoms with E-state index in [4.69, 9.17) is 4.74 Å². The van der Waals surface area contributed by atoms with Crippen LogP contribution in [0.3, 0.4) is 0 Å². The van der Waals surface area contributed by atoms with Gasteiger partial charge in [-0.15, -0.1) is 0 Å². The quantitative estimate of drug-likeness (QED) is 0.357. The number of thioether (sulfide) groups is 1. The average Bonchev–Trinajstić information content (AvgIpc) is 3.42. The van der Waals surface area contributed by atoms with E-state index in [0.29, 0.717) is 22.7 Å². The monoisotopic (exact) mass is 551 g/mol. The van der Waals surface area contributed by atoms with E-state index in [-0.39, 0.29) is 16.9 Å². The Balaban J connectivity index is 1.32. The van der Waals surface area contributed by atoms with Gasteiger partial charge in [0.1, 0.15) is 6.10 Å². The Labute approximate surface area is 242 Å². The van der Waals surface area contributed by atoms with Crippen molar-refractivity contribution < 1.29 is 9.53 Å². The molecule has 4 saturated carbocycles. The highest BCUT2D eigenvalue weighted by Gasteiger charge is 2.68. The molecule has 1 N–H and O–H groups in total. The highest BCUT2D eigenvalue weighted by Crippen LogP contribution is 2.73. The predicted octanol–water partition coefficient (Wildman–Crippen LogP) is 9.56. The lowest BCUT2D eigenvalue weighted by atomic mass is 9.43. The number of carbonyl (C=O) groups excluding carboxylic acids is 1. The van der Waals surface area contributed by atoms with Gasteiger partial charge in [-0.1, -0.05) is 77.8 Å². The second-order valence-electron chi connectivity index (χ2n) is 15.3. The lowest BCUT2D eigenvalue weighted by Gasteiger charge is -2.66. The molecule has 10 unspecified atom stereocenters. The number of rotatable bonds is 6. The molecule has 39 heavy (non-hydrogen) atoms. The van der Waals surface area contributed by atoms with Crippen molar-refractivity contribution >= 4 is 23.4 Å². The standard InChI is InChI=1S/C35H53NO2S/c1-22(2)10-9-11-23(3)27-14-15-28-32-29(17-19-34(27,28)6)33(5)18-16-26(38-24(4)37)20-25(33)21-35(32)36-30-12-7-8-13-31(30)39-35/h7-8,12-13,22-23,25-29,32,36H,9-11,14-21H2,1-6H3. The number of hydrogen-bond donors (Lipinski definition) is 1. The van der Waals surface area contributed by atoms with Gasteiger partial charge < -0.3 is 10.1 Å². The van der Waals surface area contributed by atoms with Crippen LogP contribution < -0.4 is 5.32 Å².